The van der Waals surface area contributed by atoms with E-state index in [0.717, 1.165) is 25.3 Å². The highest BCUT2D eigenvalue weighted by Gasteiger charge is 2.42. The van der Waals surface area contributed by atoms with Gasteiger partial charge in [0, 0.05) is 38.0 Å². The predicted molar refractivity (Wildman–Crippen MR) is 173 cm³/mol. The molecule has 10 nitrogen and oxygen atoms in total. The summed E-state index contributed by atoms with van der Waals surface area (Å²) in [4.78, 5) is 8.97. The number of aromatic nitrogens is 3. The van der Waals surface area contributed by atoms with Gasteiger partial charge in [0.25, 0.3) is 5.89 Å². The minimum Gasteiger partial charge on any atom is -0.598 e. The van der Waals surface area contributed by atoms with Gasteiger partial charge in [-0.15, -0.1) is 4.72 Å². The largest absolute Gasteiger partial charge is 0.598 e. The van der Waals surface area contributed by atoms with E-state index in [4.69, 9.17) is 23.6 Å². The molecule has 1 fully saturated rings. The monoisotopic (exact) mass is 659 g/mol. The molecule has 0 radical (unpaired) electrons. The third-order valence-corrected chi connectivity index (χ3v) is 10.9. The molecule has 1 aromatic carbocycles. The Kier molecular flexibility index (Phi) is 12.0. The molecule has 1 unspecified atom stereocenters. The normalized spacial score (nSPS) is 16.5. The number of hydrogen-bond donors (Lipinski definition) is 1. The van der Waals surface area contributed by atoms with Gasteiger partial charge >= 0.3 is 0 Å². The molecule has 0 bridgehead atoms. The maximum absolute atomic E-state index is 13.8. The van der Waals surface area contributed by atoms with Gasteiger partial charge < -0.3 is 27.7 Å². The van der Waals surface area contributed by atoms with E-state index in [9.17, 15) is 14.2 Å². The maximum atomic E-state index is 13.8. The van der Waals surface area contributed by atoms with Crippen molar-refractivity contribution >= 4 is 19.4 Å². The van der Waals surface area contributed by atoms with Gasteiger partial charge in [0.15, 0.2) is 5.69 Å². The van der Waals surface area contributed by atoms with E-state index in [1.54, 1.807) is 18.3 Å². The minimum atomic E-state index is -1.43. The third-order valence-electron chi connectivity index (χ3n) is 7.58. The average molecular weight is 660 g/mol. The van der Waals surface area contributed by atoms with Gasteiger partial charge in [0.2, 0.25) is 5.79 Å². The lowest BCUT2D eigenvalue weighted by atomic mass is 10.0. The second-order valence-corrected chi connectivity index (χ2v) is 21.1. The van der Waals surface area contributed by atoms with Crippen molar-refractivity contribution in [3.05, 3.63) is 59.8 Å². The highest BCUT2D eigenvalue weighted by Crippen LogP contribution is 2.36. The van der Waals surface area contributed by atoms with E-state index in [1.165, 1.54) is 18.4 Å². The number of ether oxygens (including phenoxy) is 3. The second-order valence-electron chi connectivity index (χ2n) is 13.5. The number of nitriles is 1. The number of nitrogens with zero attached hydrogens (tertiary/aromatic N) is 4. The molecule has 0 saturated carbocycles. The minimum absolute atomic E-state index is 0.162. The highest BCUT2D eigenvalue weighted by molar-refractivity contribution is 7.90. The molecule has 1 aliphatic heterocycles. The first-order valence-electron chi connectivity index (χ1n) is 15.5. The van der Waals surface area contributed by atoms with E-state index in [-0.39, 0.29) is 18.2 Å². The van der Waals surface area contributed by atoms with Gasteiger partial charge in [-0.2, -0.15) is 5.26 Å². The fourth-order valence-electron chi connectivity index (χ4n) is 5.07. The topological polar surface area (TPSA) is 130 Å². The number of nitrogens with one attached hydrogen (secondary N) is 1. The van der Waals surface area contributed by atoms with Gasteiger partial charge in [-0.3, -0.25) is 0 Å². The Bertz CT molecular complexity index is 1390. The molecule has 3 aromatic rings. The third kappa shape index (κ3) is 9.48. The fourth-order valence-corrected chi connectivity index (χ4v) is 6.66. The van der Waals surface area contributed by atoms with Crippen LogP contribution in [-0.4, -0.2) is 51.7 Å². The Hall–Kier alpha value is -2.57. The Morgan fingerprint density at radius 2 is 1.89 bits per heavy atom. The molecule has 1 N–H and O–H groups in total. The molecule has 3 heterocycles. The van der Waals surface area contributed by atoms with E-state index >= 15 is 0 Å². The highest BCUT2D eigenvalue weighted by atomic mass is 32.2. The van der Waals surface area contributed by atoms with Crippen LogP contribution >= 0.6 is 0 Å². The number of oxazole rings is 1. The summed E-state index contributed by atoms with van der Waals surface area (Å²) in [5.41, 5.74) is 1.50. The Labute approximate surface area is 270 Å². The number of unbranched alkanes of at least 4 members (excludes halogenated alkanes) is 2. The van der Waals surface area contributed by atoms with E-state index in [2.05, 4.69) is 35.4 Å². The summed E-state index contributed by atoms with van der Waals surface area (Å²) in [5, 5.41) is 10.3. The molecule has 246 valence electrons. The van der Waals surface area contributed by atoms with Crippen molar-refractivity contribution < 1.29 is 27.6 Å². The summed E-state index contributed by atoms with van der Waals surface area (Å²) < 4.78 is 55.5. The van der Waals surface area contributed by atoms with Crippen LogP contribution in [0.3, 0.4) is 0 Å². The van der Waals surface area contributed by atoms with Crippen molar-refractivity contribution in [2.75, 3.05) is 19.8 Å². The lowest BCUT2D eigenvalue weighted by Crippen LogP contribution is -2.42. The zero-order valence-electron chi connectivity index (χ0n) is 27.2. The van der Waals surface area contributed by atoms with Crippen molar-refractivity contribution in [2.24, 2.45) is 0 Å². The molecular formula is C32H46FN5O5SSi. The summed E-state index contributed by atoms with van der Waals surface area (Å²) in [7, 11) is -1.34. The smallest absolute Gasteiger partial charge is 0.255 e. The first-order valence-corrected chi connectivity index (χ1v) is 20.4. The molecule has 2 atom stereocenters. The lowest BCUT2D eigenvalue weighted by molar-refractivity contribution is -0.187. The van der Waals surface area contributed by atoms with Crippen LogP contribution in [0.2, 0.25) is 25.7 Å². The lowest BCUT2D eigenvalue weighted by Gasteiger charge is -2.29. The molecule has 1 saturated heterocycles. The Balaban J connectivity index is 1.59. The quantitative estimate of drug-likeness (QED) is 0.100. The van der Waals surface area contributed by atoms with Crippen molar-refractivity contribution in [3.8, 4) is 17.5 Å². The van der Waals surface area contributed by atoms with Crippen molar-refractivity contribution in [3.63, 3.8) is 0 Å². The van der Waals surface area contributed by atoms with Crippen LogP contribution < -0.4 is 4.72 Å². The summed E-state index contributed by atoms with van der Waals surface area (Å²) in [5.74, 6) is -0.405. The van der Waals surface area contributed by atoms with Crippen LogP contribution in [0.1, 0.15) is 76.2 Å². The molecule has 4 rings (SSSR count). The van der Waals surface area contributed by atoms with Crippen LogP contribution in [-0.2, 0) is 38.1 Å². The molecule has 0 amide bonds. The molecule has 0 spiro atoms. The number of halogens is 1. The molecular weight excluding hydrogens is 614 g/mol. The average Bonchev–Trinajstić information content (AvgIpc) is 3.75. The van der Waals surface area contributed by atoms with Crippen molar-refractivity contribution in [2.45, 2.75) is 102 Å². The number of rotatable bonds is 16. The SMILES string of the molecule is CC(C)(C)[S@@+]([O-])NC(CCCCCC1(c2ncco2)OCCO1)c1c(C#N)nc(-c2ccc(F)cc2)n1COCC[Si](C)(C)C. The number of imidazole rings is 1. The van der Waals surface area contributed by atoms with Crippen molar-refractivity contribution in [1.82, 2.24) is 19.3 Å². The van der Waals surface area contributed by atoms with Crippen LogP contribution in [0.15, 0.2) is 41.1 Å². The van der Waals surface area contributed by atoms with Crippen LogP contribution in [0, 0.1) is 17.1 Å². The van der Waals surface area contributed by atoms with Crippen molar-refractivity contribution in [1.29, 1.82) is 5.26 Å². The summed E-state index contributed by atoms with van der Waals surface area (Å²) >= 11 is -1.43. The van der Waals surface area contributed by atoms with Gasteiger partial charge in [0.05, 0.1) is 31.1 Å². The second kappa shape index (κ2) is 15.3. The van der Waals surface area contributed by atoms with Gasteiger partial charge in [-0.05, 0) is 63.9 Å². The van der Waals surface area contributed by atoms with Crippen LogP contribution in [0.4, 0.5) is 4.39 Å². The van der Waals surface area contributed by atoms with Gasteiger partial charge in [0.1, 0.15) is 35.5 Å². The van der Waals surface area contributed by atoms with E-state index in [0.29, 0.717) is 55.6 Å². The fraction of sp³-hybridized carbons (Fsp3) is 0.594. The standard InChI is InChI=1S/C32H46FN5O5SSi/c1-31(2,3)44(39)37-26(10-8-7-9-15-32(42-18-19-43-32)30-35-16-17-41-30)28-27(22-34)36-29(24-11-13-25(33)14-12-24)38(28)23-40-20-21-45(4,5)6/h11-14,16-17,26,37H,7-10,15,18-21,23H2,1-6H3/t26?,44-/m1/s1. The predicted octanol–water partition coefficient (Wildman–Crippen LogP) is 6.80. The first-order chi connectivity index (χ1) is 21.3. The molecule has 45 heavy (non-hydrogen) atoms. The van der Waals surface area contributed by atoms with Crippen LogP contribution in [0.25, 0.3) is 11.4 Å². The molecule has 1 aliphatic rings. The zero-order valence-corrected chi connectivity index (χ0v) is 29.0. The zero-order chi connectivity index (χ0) is 32.7. The van der Waals surface area contributed by atoms with E-state index in [1.807, 2.05) is 25.3 Å². The summed E-state index contributed by atoms with van der Waals surface area (Å²) in [6.45, 7) is 14.3. The summed E-state index contributed by atoms with van der Waals surface area (Å²) in [6, 6.07) is 8.82. The first kappa shape index (κ1) is 35.3. The molecule has 13 heteroatoms. The maximum Gasteiger partial charge on any atom is 0.255 e. The number of hydrogen-bond acceptors (Lipinski definition) is 9. The van der Waals surface area contributed by atoms with Gasteiger partial charge in [-0.1, -0.05) is 32.5 Å². The summed E-state index contributed by atoms with van der Waals surface area (Å²) in [6.07, 6.45) is 6.64. The van der Waals surface area contributed by atoms with E-state index < -0.39 is 36.0 Å². The molecule has 2 aromatic heterocycles. The Morgan fingerprint density at radius 1 is 1.18 bits per heavy atom. The van der Waals surface area contributed by atoms with Crippen LogP contribution in [0.5, 0.6) is 0 Å². The molecule has 0 aliphatic carbocycles. The number of benzene rings is 1. The van der Waals surface area contributed by atoms with Gasteiger partial charge in [-0.25, -0.2) is 14.4 Å². The Morgan fingerprint density at radius 3 is 2.49 bits per heavy atom.